The molecule has 0 atom stereocenters. The standard InChI is InChI=1S/C33H34N2O2/c1-22(2)26-9-13-28(14-10-26)32(36)34-30-17-5-24(6-18-30)21-25-7-19-31(20-8-25)35-33(37)29-15-11-27(12-16-29)23(3)4/h5-20,22-23H,21H2,1-4H3,(H,34,36)(H,35,37). The molecular formula is C33H34N2O2. The summed E-state index contributed by atoms with van der Waals surface area (Å²) in [6.07, 6.45) is 0.760. The third-order valence-corrected chi connectivity index (χ3v) is 6.51. The molecule has 0 heterocycles. The molecule has 4 aromatic carbocycles. The Balaban J connectivity index is 1.31. The zero-order valence-corrected chi connectivity index (χ0v) is 21.9. The van der Waals surface area contributed by atoms with E-state index < -0.39 is 0 Å². The molecule has 2 N–H and O–H groups in total. The van der Waals surface area contributed by atoms with E-state index >= 15 is 0 Å². The Morgan fingerprint density at radius 1 is 0.514 bits per heavy atom. The number of carbonyl (C=O) groups excluding carboxylic acids is 2. The van der Waals surface area contributed by atoms with E-state index in [-0.39, 0.29) is 11.8 Å². The van der Waals surface area contributed by atoms with Crippen molar-refractivity contribution >= 4 is 23.2 Å². The summed E-state index contributed by atoms with van der Waals surface area (Å²) < 4.78 is 0. The molecule has 0 saturated heterocycles. The molecule has 37 heavy (non-hydrogen) atoms. The van der Waals surface area contributed by atoms with Crippen LogP contribution < -0.4 is 10.6 Å². The van der Waals surface area contributed by atoms with Crippen LogP contribution in [0.1, 0.15) is 82.5 Å². The van der Waals surface area contributed by atoms with Crippen molar-refractivity contribution in [1.82, 2.24) is 0 Å². The second kappa shape index (κ2) is 11.7. The second-order valence-corrected chi connectivity index (χ2v) is 10.0. The van der Waals surface area contributed by atoms with E-state index in [2.05, 4.69) is 38.3 Å². The SMILES string of the molecule is CC(C)c1ccc(C(=O)Nc2ccc(Cc3ccc(NC(=O)c4ccc(C(C)C)cc4)cc3)cc2)cc1. The van der Waals surface area contributed by atoms with Crippen molar-refractivity contribution in [2.75, 3.05) is 10.6 Å². The molecule has 4 nitrogen and oxygen atoms in total. The highest BCUT2D eigenvalue weighted by Gasteiger charge is 2.09. The summed E-state index contributed by atoms with van der Waals surface area (Å²) in [7, 11) is 0. The zero-order valence-electron chi connectivity index (χ0n) is 21.9. The first-order chi connectivity index (χ1) is 17.8. The molecule has 0 aromatic heterocycles. The first kappa shape index (κ1) is 25.9. The summed E-state index contributed by atoms with van der Waals surface area (Å²) in [5.41, 5.74) is 7.53. The molecule has 0 spiro atoms. The predicted molar refractivity (Wildman–Crippen MR) is 153 cm³/mol. The summed E-state index contributed by atoms with van der Waals surface area (Å²) in [6.45, 7) is 8.54. The Morgan fingerprint density at radius 3 is 1.14 bits per heavy atom. The van der Waals surface area contributed by atoms with E-state index in [1.807, 2.05) is 97.1 Å². The first-order valence-corrected chi connectivity index (χ1v) is 12.8. The van der Waals surface area contributed by atoms with Gasteiger partial charge in [-0.05, 0) is 89.0 Å². The van der Waals surface area contributed by atoms with Crippen LogP contribution in [0.3, 0.4) is 0 Å². The lowest BCUT2D eigenvalue weighted by molar-refractivity contribution is 0.101. The monoisotopic (exact) mass is 490 g/mol. The highest BCUT2D eigenvalue weighted by atomic mass is 16.2. The minimum Gasteiger partial charge on any atom is -0.322 e. The van der Waals surface area contributed by atoms with Gasteiger partial charge in [-0.1, -0.05) is 76.2 Å². The van der Waals surface area contributed by atoms with Gasteiger partial charge in [-0.3, -0.25) is 9.59 Å². The second-order valence-electron chi connectivity index (χ2n) is 10.0. The molecule has 0 fully saturated rings. The molecule has 0 aliphatic heterocycles. The van der Waals surface area contributed by atoms with Crippen molar-refractivity contribution in [1.29, 1.82) is 0 Å². The van der Waals surface area contributed by atoms with E-state index in [0.29, 0.717) is 23.0 Å². The van der Waals surface area contributed by atoms with Crippen molar-refractivity contribution in [3.05, 3.63) is 130 Å². The molecule has 0 radical (unpaired) electrons. The smallest absolute Gasteiger partial charge is 0.255 e. The van der Waals surface area contributed by atoms with Crippen molar-refractivity contribution < 1.29 is 9.59 Å². The molecular weight excluding hydrogens is 456 g/mol. The van der Waals surface area contributed by atoms with Crippen LogP contribution in [0.5, 0.6) is 0 Å². The normalized spacial score (nSPS) is 11.0. The molecule has 4 heteroatoms. The highest BCUT2D eigenvalue weighted by Crippen LogP contribution is 2.19. The van der Waals surface area contributed by atoms with E-state index in [0.717, 1.165) is 28.9 Å². The molecule has 4 aromatic rings. The summed E-state index contributed by atoms with van der Waals surface area (Å²) in [6, 6.07) is 31.3. The van der Waals surface area contributed by atoms with E-state index in [9.17, 15) is 9.59 Å². The van der Waals surface area contributed by atoms with Crippen molar-refractivity contribution in [2.45, 2.75) is 46.0 Å². The Bertz CT molecular complexity index is 1230. The van der Waals surface area contributed by atoms with Gasteiger partial charge in [0.15, 0.2) is 0 Å². The predicted octanol–water partition coefficient (Wildman–Crippen LogP) is 8.03. The minimum atomic E-state index is -0.114. The lowest BCUT2D eigenvalue weighted by Gasteiger charge is -2.10. The topological polar surface area (TPSA) is 58.2 Å². The fourth-order valence-corrected chi connectivity index (χ4v) is 4.09. The van der Waals surface area contributed by atoms with E-state index in [1.165, 1.54) is 11.1 Å². The number of hydrogen-bond donors (Lipinski definition) is 2. The summed E-state index contributed by atoms with van der Waals surface area (Å²) in [5, 5.41) is 5.93. The van der Waals surface area contributed by atoms with Gasteiger partial charge in [-0.25, -0.2) is 0 Å². The molecule has 0 aliphatic rings. The Hall–Kier alpha value is -4.18. The molecule has 4 rings (SSSR count). The molecule has 0 aliphatic carbocycles. The number of nitrogens with one attached hydrogen (secondary N) is 2. The van der Waals surface area contributed by atoms with Gasteiger partial charge in [0, 0.05) is 22.5 Å². The van der Waals surface area contributed by atoms with Gasteiger partial charge < -0.3 is 10.6 Å². The maximum Gasteiger partial charge on any atom is 0.255 e. The fraction of sp³-hybridized carbons (Fsp3) is 0.212. The van der Waals surface area contributed by atoms with Crippen molar-refractivity contribution in [3.8, 4) is 0 Å². The average Bonchev–Trinajstić information content (AvgIpc) is 2.91. The quantitative estimate of drug-likeness (QED) is 0.263. The maximum atomic E-state index is 12.6. The lowest BCUT2D eigenvalue weighted by Crippen LogP contribution is -2.12. The van der Waals surface area contributed by atoms with Gasteiger partial charge in [0.25, 0.3) is 11.8 Å². The van der Waals surface area contributed by atoms with E-state index in [1.54, 1.807) is 0 Å². The molecule has 188 valence electrons. The van der Waals surface area contributed by atoms with Crippen LogP contribution in [0.2, 0.25) is 0 Å². The third-order valence-electron chi connectivity index (χ3n) is 6.51. The van der Waals surface area contributed by atoms with Gasteiger partial charge in [0.2, 0.25) is 0 Å². The fourth-order valence-electron chi connectivity index (χ4n) is 4.09. The lowest BCUT2D eigenvalue weighted by atomic mass is 10.0. The van der Waals surface area contributed by atoms with E-state index in [4.69, 9.17) is 0 Å². The summed E-state index contributed by atoms with van der Waals surface area (Å²) in [4.78, 5) is 25.1. The van der Waals surface area contributed by atoms with Gasteiger partial charge in [0.05, 0.1) is 0 Å². The Morgan fingerprint density at radius 2 is 0.838 bits per heavy atom. The van der Waals surface area contributed by atoms with Crippen LogP contribution in [0.15, 0.2) is 97.1 Å². The van der Waals surface area contributed by atoms with Gasteiger partial charge >= 0.3 is 0 Å². The van der Waals surface area contributed by atoms with Crippen LogP contribution in [-0.2, 0) is 6.42 Å². The number of benzene rings is 4. The largest absolute Gasteiger partial charge is 0.322 e. The van der Waals surface area contributed by atoms with Crippen LogP contribution >= 0.6 is 0 Å². The number of hydrogen-bond acceptors (Lipinski definition) is 2. The molecule has 0 bridgehead atoms. The number of anilines is 2. The number of amides is 2. The van der Waals surface area contributed by atoms with Crippen molar-refractivity contribution in [3.63, 3.8) is 0 Å². The highest BCUT2D eigenvalue weighted by molar-refractivity contribution is 6.04. The first-order valence-electron chi connectivity index (χ1n) is 12.8. The summed E-state index contributed by atoms with van der Waals surface area (Å²) >= 11 is 0. The van der Waals surface area contributed by atoms with Crippen molar-refractivity contribution in [2.24, 2.45) is 0 Å². The van der Waals surface area contributed by atoms with Crippen LogP contribution in [0.25, 0.3) is 0 Å². The Labute approximate surface area is 219 Å². The minimum absolute atomic E-state index is 0.114. The van der Waals surface area contributed by atoms with Gasteiger partial charge in [-0.15, -0.1) is 0 Å². The zero-order chi connectivity index (χ0) is 26.4. The number of carbonyl (C=O) groups is 2. The molecule has 2 amide bonds. The number of rotatable bonds is 8. The van der Waals surface area contributed by atoms with Crippen LogP contribution in [0.4, 0.5) is 11.4 Å². The molecule has 0 unspecified atom stereocenters. The Kier molecular flexibility index (Phi) is 8.19. The third kappa shape index (κ3) is 6.95. The van der Waals surface area contributed by atoms with Gasteiger partial charge in [-0.2, -0.15) is 0 Å². The van der Waals surface area contributed by atoms with Crippen LogP contribution in [0, 0.1) is 0 Å². The van der Waals surface area contributed by atoms with Gasteiger partial charge in [0.1, 0.15) is 0 Å². The average molecular weight is 491 g/mol. The van der Waals surface area contributed by atoms with Crippen LogP contribution in [-0.4, -0.2) is 11.8 Å². The molecule has 0 saturated carbocycles. The summed E-state index contributed by atoms with van der Waals surface area (Å²) in [5.74, 6) is 0.646. The maximum absolute atomic E-state index is 12.6.